The van der Waals surface area contributed by atoms with Gasteiger partial charge < -0.3 is 15.8 Å². The highest BCUT2D eigenvalue weighted by Gasteiger charge is 2.25. The number of rotatable bonds is 4. The Labute approximate surface area is 123 Å². The molecule has 3 rings (SSSR count). The Balaban J connectivity index is 1.74. The number of carbonyl (C=O) groups is 1. The van der Waals surface area contributed by atoms with Crippen molar-refractivity contribution in [2.24, 2.45) is 5.73 Å². The molecule has 0 fully saturated rings. The Hall–Kier alpha value is -2.33. The Kier molecular flexibility index (Phi) is 3.88. The minimum atomic E-state index is -0.0909. The number of benzene rings is 2. The van der Waals surface area contributed by atoms with Crippen molar-refractivity contribution in [1.82, 2.24) is 5.32 Å². The Morgan fingerprint density at radius 1 is 1.24 bits per heavy atom. The minimum Gasteiger partial charge on any atom is -0.491 e. The van der Waals surface area contributed by atoms with Crippen molar-refractivity contribution >= 4 is 5.91 Å². The summed E-state index contributed by atoms with van der Waals surface area (Å²) in [5.74, 6) is 0.763. The van der Waals surface area contributed by atoms with E-state index < -0.39 is 0 Å². The number of carbonyl (C=O) groups excluding carboxylic acids is 1. The van der Waals surface area contributed by atoms with Crippen LogP contribution in [0.1, 0.15) is 27.5 Å². The van der Waals surface area contributed by atoms with E-state index in [-0.39, 0.29) is 11.9 Å². The molecule has 4 nitrogen and oxygen atoms in total. The van der Waals surface area contributed by atoms with Gasteiger partial charge in [-0.2, -0.15) is 0 Å². The summed E-state index contributed by atoms with van der Waals surface area (Å²) in [6.07, 6.45) is 0.774. The summed E-state index contributed by atoms with van der Waals surface area (Å²) in [5, 5.41) is 3.03. The average molecular weight is 282 g/mol. The maximum atomic E-state index is 12.4. The highest BCUT2D eigenvalue weighted by atomic mass is 16.5. The highest BCUT2D eigenvalue weighted by molar-refractivity contribution is 5.94. The SMILES string of the molecule is NCCc1cccc(C(=O)NC2COc3ccccc32)c1. The third-order valence-electron chi connectivity index (χ3n) is 3.63. The first kappa shape index (κ1) is 13.6. The van der Waals surface area contributed by atoms with Gasteiger partial charge in [-0.05, 0) is 36.7 Å². The van der Waals surface area contributed by atoms with E-state index in [1.807, 2.05) is 48.5 Å². The fourth-order valence-corrected chi connectivity index (χ4v) is 2.56. The number of nitrogens with one attached hydrogen (secondary N) is 1. The molecule has 1 aliphatic heterocycles. The molecular formula is C17H18N2O2. The van der Waals surface area contributed by atoms with Gasteiger partial charge in [-0.25, -0.2) is 0 Å². The second kappa shape index (κ2) is 5.97. The van der Waals surface area contributed by atoms with Gasteiger partial charge in [0.05, 0.1) is 6.04 Å². The predicted octanol–water partition coefficient (Wildman–Crippen LogP) is 2.05. The maximum Gasteiger partial charge on any atom is 0.251 e. The van der Waals surface area contributed by atoms with Crippen LogP contribution in [0.25, 0.3) is 0 Å². The fourth-order valence-electron chi connectivity index (χ4n) is 2.56. The molecule has 0 spiro atoms. The van der Waals surface area contributed by atoms with Crippen LogP contribution < -0.4 is 15.8 Å². The van der Waals surface area contributed by atoms with Crippen LogP contribution >= 0.6 is 0 Å². The van der Waals surface area contributed by atoms with E-state index in [0.29, 0.717) is 18.7 Å². The van der Waals surface area contributed by atoms with Crippen molar-refractivity contribution in [2.75, 3.05) is 13.2 Å². The van der Waals surface area contributed by atoms with Crippen LogP contribution in [0, 0.1) is 0 Å². The number of hydrogen-bond donors (Lipinski definition) is 2. The molecule has 0 aromatic heterocycles. The second-order valence-corrected chi connectivity index (χ2v) is 5.11. The zero-order chi connectivity index (χ0) is 14.7. The monoisotopic (exact) mass is 282 g/mol. The van der Waals surface area contributed by atoms with Crippen LogP contribution in [0.15, 0.2) is 48.5 Å². The van der Waals surface area contributed by atoms with Crippen LogP contribution in [0.4, 0.5) is 0 Å². The first-order chi connectivity index (χ1) is 10.3. The van der Waals surface area contributed by atoms with Crippen molar-refractivity contribution in [3.05, 3.63) is 65.2 Å². The van der Waals surface area contributed by atoms with E-state index in [2.05, 4.69) is 5.32 Å². The number of amides is 1. The predicted molar refractivity (Wildman–Crippen MR) is 81.3 cm³/mol. The van der Waals surface area contributed by atoms with Gasteiger partial charge in [0.2, 0.25) is 0 Å². The van der Waals surface area contributed by atoms with Crippen LogP contribution in [0.3, 0.4) is 0 Å². The van der Waals surface area contributed by atoms with Crippen molar-refractivity contribution < 1.29 is 9.53 Å². The molecule has 0 radical (unpaired) electrons. The van der Waals surface area contributed by atoms with Gasteiger partial charge in [-0.3, -0.25) is 4.79 Å². The average Bonchev–Trinajstić information content (AvgIpc) is 2.91. The molecule has 1 unspecified atom stereocenters. The van der Waals surface area contributed by atoms with Crippen LogP contribution in [-0.2, 0) is 6.42 Å². The summed E-state index contributed by atoms with van der Waals surface area (Å²) in [7, 11) is 0. The lowest BCUT2D eigenvalue weighted by molar-refractivity contribution is 0.0930. The topological polar surface area (TPSA) is 64.4 Å². The summed E-state index contributed by atoms with van der Waals surface area (Å²) in [6, 6.07) is 15.3. The summed E-state index contributed by atoms with van der Waals surface area (Å²) < 4.78 is 5.58. The van der Waals surface area contributed by atoms with E-state index in [1.165, 1.54) is 0 Å². The molecule has 0 bridgehead atoms. The van der Waals surface area contributed by atoms with Gasteiger partial charge in [0, 0.05) is 11.1 Å². The van der Waals surface area contributed by atoms with Crippen LogP contribution in [0.5, 0.6) is 5.75 Å². The number of fused-ring (bicyclic) bond motifs is 1. The number of nitrogens with two attached hydrogens (primary N) is 1. The lowest BCUT2D eigenvalue weighted by Gasteiger charge is -2.12. The molecule has 4 heteroatoms. The quantitative estimate of drug-likeness (QED) is 0.902. The summed E-state index contributed by atoms with van der Waals surface area (Å²) >= 11 is 0. The van der Waals surface area contributed by atoms with Gasteiger partial charge in [-0.15, -0.1) is 0 Å². The zero-order valence-electron chi connectivity index (χ0n) is 11.7. The molecule has 3 N–H and O–H groups in total. The largest absolute Gasteiger partial charge is 0.491 e. The van der Waals surface area contributed by atoms with E-state index in [0.717, 1.165) is 23.3 Å². The van der Waals surface area contributed by atoms with Crippen molar-refractivity contribution in [3.63, 3.8) is 0 Å². The molecule has 1 amide bonds. The van der Waals surface area contributed by atoms with E-state index >= 15 is 0 Å². The molecule has 1 heterocycles. The van der Waals surface area contributed by atoms with Crippen LogP contribution in [0.2, 0.25) is 0 Å². The molecule has 21 heavy (non-hydrogen) atoms. The molecule has 0 saturated carbocycles. The fraction of sp³-hybridized carbons (Fsp3) is 0.235. The third kappa shape index (κ3) is 2.90. The van der Waals surface area contributed by atoms with E-state index in [1.54, 1.807) is 0 Å². The van der Waals surface area contributed by atoms with Crippen LogP contribution in [-0.4, -0.2) is 19.1 Å². The van der Waals surface area contributed by atoms with Crippen molar-refractivity contribution in [1.29, 1.82) is 0 Å². The summed E-state index contributed by atoms with van der Waals surface area (Å²) in [5.41, 5.74) is 8.32. The Bertz CT molecular complexity index is 655. The van der Waals surface area contributed by atoms with E-state index in [4.69, 9.17) is 10.5 Å². The van der Waals surface area contributed by atoms with Gasteiger partial charge >= 0.3 is 0 Å². The summed E-state index contributed by atoms with van der Waals surface area (Å²) in [6.45, 7) is 1.06. The minimum absolute atomic E-state index is 0.0841. The van der Waals surface area contributed by atoms with Gasteiger partial charge in [0.1, 0.15) is 12.4 Å². The van der Waals surface area contributed by atoms with Gasteiger partial charge in [-0.1, -0.05) is 30.3 Å². The first-order valence-electron chi connectivity index (χ1n) is 7.09. The normalized spacial score (nSPS) is 16.1. The van der Waals surface area contributed by atoms with Gasteiger partial charge in [0.15, 0.2) is 0 Å². The maximum absolute atomic E-state index is 12.4. The number of para-hydroxylation sites is 1. The van der Waals surface area contributed by atoms with Gasteiger partial charge in [0.25, 0.3) is 5.91 Å². The molecular weight excluding hydrogens is 264 g/mol. The second-order valence-electron chi connectivity index (χ2n) is 5.11. The molecule has 2 aromatic rings. The third-order valence-corrected chi connectivity index (χ3v) is 3.63. The van der Waals surface area contributed by atoms with E-state index in [9.17, 15) is 4.79 Å². The lowest BCUT2D eigenvalue weighted by atomic mass is 10.1. The smallest absolute Gasteiger partial charge is 0.251 e. The Morgan fingerprint density at radius 2 is 2.10 bits per heavy atom. The Morgan fingerprint density at radius 3 is 2.95 bits per heavy atom. The number of hydrogen-bond acceptors (Lipinski definition) is 3. The molecule has 0 aliphatic carbocycles. The molecule has 2 aromatic carbocycles. The standard InChI is InChI=1S/C17H18N2O2/c18-9-8-12-4-3-5-13(10-12)17(20)19-15-11-21-16-7-2-1-6-14(15)16/h1-7,10,15H,8-9,11,18H2,(H,19,20). The highest BCUT2D eigenvalue weighted by Crippen LogP contribution is 2.31. The van der Waals surface area contributed by atoms with Crippen molar-refractivity contribution in [2.45, 2.75) is 12.5 Å². The molecule has 0 saturated heterocycles. The molecule has 1 aliphatic rings. The van der Waals surface area contributed by atoms with Crippen molar-refractivity contribution in [3.8, 4) is 5.75 Å². The zero-order valence-corrected chi connectivity index (χ0v) is 11.7. The summed E-state index contributed by atoms with van der Waals surface area (Å²) in [4.78, 5) is 12.4. The molecule has 108 valence electrons. The first-order valence-corrected chi connectivity index (χ1v) is 7.09. The number of ether oxygens (including phenoxy) is 1. The molecule has 1 atom stereocenters. The lowest BCUT2D eigenvalue weighted by Crippen LogP contribution is -2.29.